The van der Waals surface area contributed by atoms with E-state index in [1.807, 2.05) is 17.5 Å². The molecule has 94 valence electrons. The summed E-state index contributed by atoms with van der Waals surface area (Å²) in [5, 5.41) is 5.10. The average molecular weight is 411 g/mol. The van der Waals surface area contributed by atoms with Crippen molar-refractivity contribution in [1.82, 2.24) is 4.98 Å². The highest BCUT2D eigenvalue weighted by Gasteiger charge is 2.12. The zero-order valence-corrected chi connectivity index (χ0v) is 13.7. The van der Waals surface area contributed by atoms with Gasteiger partial charge in [-0.15, -0.1) is 22.9 Å². The molecule has 0 unspecified atom stereocenters. The SMILES string of the molecule is O=C(Nc1nc(CCl)cs1)c1cc(Br)ccc1Br. The molecule has 1 N–H and O–H groups in total. The minimum absolute atomic E-state index is 0.210. The summed E-state index contributed by atoms with van der Waals surface area (Å²) in [6.07, 6.45) is 0. The van der Waals surface area contributed by atoms with Crippen LogP contribution in [0.1, 0.15) is 16.1 Å². The van der Waals surface area contributed by atoms with Crippen molar-refractivity contribution in [3.05, 3.63) is 43.8 Å². The van der Waals surface area contributed by atoms with Gasteiger partial charge in [-0.2, -0.15) is 0 Å². The molecule has 2 aromatic rings. The molecular formula is C11H7Br2ClN2OS. The molecule has 0 atom stereocenters. The molecule has 2 rings (SSSR count). The van der Waals surface area contributed by atoms with Gasteiger partial charge in [-0.3, -0.25) is 10.1 Å². The van der Waals surface area contributed by atoms with Crippen LogP contribution >= 0.6 is 54.8 Å². The lowest BCUT2D eigenvalue weighted by Gasteiger charge is -2.04. The smallest absolute Gasteiger partial charge is 0.258 e. The number of carbonyl (C=O) groups is 1. The van der Waals surface area contributed by atoms with E-state index in [9.17, 15) is 4.79 Å². The van der Waals surface area contributed by atoms with E-state index in [4.69, 9.17) is 11.6 Å². The van der Waals surface area contributed by atoms with Gasteiger partial charge < -0.3 is 0 Å². The number of rotatable bonds is 3. The summed E-state index contributed by atoms with van der Waals surface area (Å²) in [5.74, 6) is 0.131. The molecule has 1 aromatic heterocycles. The van der Waals surface area contributed by atoms with E-state index in [1.54, 1.807) is 6.07 Å². The minimum atomic E-state index is -0.210. The fraction of sp³-hybridized carbons (Fsp3) is 0.0909. The second kappa shape index (κ2) is 6.14. The van der Waals surface area contributed by atoms with E-state index in [0.29, 0.717) is 16.6 Å². The summed E-state index contributed by atoms with van der Waals surface area (Å²) in [4.78, 5) is 16.2. The first-order valence-electron chi connectivity index (χ1n) is 4.87. The van der Waals surface area contributed by atoms with Crippen molar-refractivity contribution in [2.45, 2.75) is 5.88 Å². The van der Waals surface area contributed by atoms with Crippen molar-refractivity contribution in [1.29, 1.82) is 0 Å². The maximum Gasteiger partial charge on any atom is 0.258 e. The summed E-state index contributed by atoms with van der Waals surface area (Å²) >= 11 is 13.7. The molecule has 0 aliphatic carbocycles. The van der Waals surface area contributed by atoms with Gasteiger partial charge in [-0.25, -0.2) is 4.98 Å². The van der Waals surface area contributed by atoms with Gasteiger partial charge >= 0.3 is 0 Å². The number of nitrogens with one attached hydrogen (secondary N) is 1. The monoisotopic (exact) mass is 408 g/mol. The predicted octanol–water partition coefficient (Wildman–Crippen LogP) is 4.66. The van der Waals surface area contributed by atoms with Gasteiger partial charge in [0.2, 0.25) is 0 Å². The fourth-order valence-corrected chi connectivity index (χ4v) is 2.98. The highest BCUT2D eigenvalue weighted by Crippen LogP contribution is 2.23. The third kappa shape index (κ3) is 3.32. The largest absolute Gasteiger partial charge is 0.298 e. The Morgan fingerprint density at radius 2 is 2.22 bits per heavy atom. The van der Waals surface area contributed by atoms with E-state index >= 15 is 0 Å². The molecule has 1 amide bonds. The maximum absolute atomic E-state index is 12.1. The molecule has 0 radical (unpaired) electrons. The number of nitrogens with zero attached hydrogens (tertiary/aromatic N) is 1. The fourth-order valence-electron chi connectivity index (χ4n) is 1.26. The molecule has 18 heavy (non-hydrogen) atoms. The quantitative estimate of drug-likeness (QED) is 0.748. The maximum atomic E-state index is 12.1. The Hall–Kier alpha value is -0.430. The molecule has 3 nitrogen and oxygen atoms in total. The lowest BCUT2D eigenvalue weighted by molar-refractivity contribution is 0.102. The number of benzene rings is 1. The third-order valence-corrected chi connectivity index (χ3v) is 4.35. The number of amides is 1. The minimum Gasteiger partial charge on any atom is -0.298 e. The van der Waals surface area contributed by atoms with Crippen LogP contribution in [0.2, 0.25) is 0 Å². The topological polar surface area (TPSA) is 42.0 Å². The van der Waals surface area contributed by atoms with Gasteiger partial charge in [0.05, 0.1) is 17.1 Å². The van der Waals surface area contributed by atoms with Gasteiger partial charge in [-0.05, 0) is 34.1 Å². The van der Waals surface area contributed by atoms with Crippen LogP contribution in [-0.2, 0) is 5.88 Å². The number of anilines is 1. The molecule has 0 saturated carbocycles. The highest BCUT2D eigenvalue weighted by molar-refractivity contribution is 9.11. The van der Waals surface area contributed by atoms with Crippen LogP contribution in [0.15, 0.2) is 32.5 Å². The van der Waals surface area contributed by atoms with E-state index in [-0.39, 0.29) is 5.91 Å². The van der Waals surface area contributed by atoms with Gasteiger partial charge in [0.15, 0.2) is 5.13 Å². The highest BCUT2D eigenvalue weighted by atomic mass is 79.9. The van der Waals surface area contributed by atoms with Gasteiger partial charge in [0.25, 0.3) is 5.91 Å². The zero-order chi connectivity index (χ0) is 13.1. The van der Waals surface area contributed by atoms with E-state index in [2.05, 4.69) is 42.2 Å². The Morgan fingerprint density at radius 1 is 1.44 bits per heavy atom. The molecule has 0 aliphatic rings. The lowest BCUT2D eigenvalue weighted by Crippen LogP contribution is -2.12. The number of thiazole rings is 1. The van der Waals surface area contributed by atoms with Crippen molar-refractivity contribution < 1.29 is 4.79 Å². The summed E-state index contributed by atoms with van der Waals surface area (Å²) in [6.45, 7) is 0. The van der Waals surface area contributed by atoms with Crippen LogP contribution < -0.4 is 5.32 Å². The Labute approximate surface area is 130 Å². The van der Waals surface area contributed by atoms with Gasteiger partial charge in [0, 0.05) is 14.3 Å². The van der Waals surface area contributed by atoms with Crippen molar-refractivity contribution in [3.8, 4) is 0 Å². The van der Waals surface area contributed by atoms with Crippen molar-refractivity contribution in [2.75, 3.05) is 5.32 Å². The van der Waals surface area contributed by atoms with Crippen LogP contribution in [0.5, 0.6) is 0 Å². The molecule has 1 heterocycles. The molecule has 0 saturated heterocycles. The number of carbonyl (C=O) groups excluding carboxylic acids is 1. The Bertz CT molecular complexity index is 588. The molecule has 0 aliphatic heterocycles. The Kier molecular flexibility index (Phi) is 4.77. The predicted molar refractivity (Wildman–Crippen MR) is 81.5 cm³/mol. The second-order valence-electron chi connectivity index (χ2n) is 3.36. The zero-order valence-electron chi connectivity index (χ0n) is 8.91. The van der Waals surface area contributed by atoms with Crippen molar-refractivity contribution in [3.63, 3.8) is 0 Å². The average Bonchev–Trinajstić information content (AvgIpc) is 2.80. The third-order valence-electron chi connectivity index (χ3n) is 2.08. The van der Waals surface area contributed by atoms with Crippen molar-refractivity contribution >= 4 is 65.8 Å². The molecular weight excluding hydrogens is 403 g/mol. The van der Waals surface area contributed by atoms with Crippen molar-refractivity contribution in [2.24, 2.45) is 0 Å². The number of hydrogen-bond acceptors (Lipinski definition) is 3. The molecule has 0 spiro atoms. The van der Waals surface area contributed by atoms with Crippen LogP contribution in [0, 0.1) is 0 Å². The second-order valence-corrected chi connectivity index (χ2v) is 6.25. The van der Waals surface area contributed by atoms with Crippen LogP contribution in [-0.4, -0.2) is 10.9 Å². The molecule has 7 heteroatoms. The summed E-state index contributed by atoms with van der Waals surface area (Å²) in [6, 6.07) is 5.41. The first kappa shape index (κ1) is 14.0. The Morgan fingerprint density at radius 3 is 2.89 bits per heavy atom. The first-order valence-corrected chi connectivity index (χ1v) is 7.87. The number of aromatic nitrogens is 1. The van der Waals surface area contributed by atoms with Gasteiger partial charge in [-0.1, -0.05) is 15.9 Å². The first-order chi connectivity index (χ1) is 8.60. The Balaban J connectivity index is 2.19. The van der Waals surface area contributed by atoms with Gasteiger partial charge in [0.1, 0.15) is 0 Å². The van der Waals surface area contributed by atoms with Crippen LogP contribution in [0.4, 0.5) is 5.13 Å². The lowest BCUT2D eigenvalue weighted by atomic mass is 10.2. The normalized spacial score (nSPS) is 10.4. The molecule has 0 bridgehead atoms. The standard InChI is InChI=1S/C11H7Br2ClN2OS/c12-6-1-2-9(13)8(3-6)10(17)16-11-15-7(4-14)5-18-11/h1-3,5H,4H2,(H,15,16,17). The summed E-state index contributed by atoms with van der Waals surface area (Å²) in [7, 11) is 0. The van der Waals surface area contributed by atoms with Crippen LogP contribution in [0.25, 0.3) is 0 Å². The number of alkyl halides is 1. The number of halogens is 3. The van der Waals surface area contributed by atoms with E-state index < -0.39 is 0 Å². The molecule has 0 fully saturated rings. The van der Waals surface area contributed by atoms with E-state index in [1.165, 1.54) is 11.3 Å². The number of hydrogen-bond donors (Lipinski definition) is 1. The van der Waals surface area contributed by atoms with Crippen LogP contribution in [0.3, 0.4) is 0 Å². The summed E-state index contributed by atoms with van der Waals surface area (Å²) in [5.41, 5.74) is 1.30. The summed E-state index contributed by atoms with van der Waals surface area (Å²) < 4.78 is 1.58. The molecule has 1 aromatic carbocycles. The van der Waals surface area contributed by atoms with E-state index in [0.717, 1.165) is 14.6 Å².